The molecule has 100 valence electrons. The van der Waals surface area contributed by atoms with Gasteiger partial charge in [0.05, 0.1) is 5.38 Å². The van der Waals surface area contributed by atoms with Crippen LogP contribution in [0.5, 0.6) is 0 Å². The van der Waals surface area contributed by atoms with Gasteiger partial charge in [0, 0.05) is 4.47 Å². The molecule has 0 spiro atoms. The van der Waals surface area contributed by atoms with Gasteiger partial charge in [-0.15, -0.1) is 11.6 Å². The van der Waals surface area contributed by atoms with Crippen molar-refractivity contribution in [2.45, 2.75) is 32.1 Å². The number of hydrogen-bond acceptors (Lipinski definition) is 0. The van der Waals surface area contributed by atoms with Gasteiger partial charge in [0.25, 0.3) is 0 Å². The first-order valence-electron chi connectivity index (χ1n) is 6.49. The molecule has 0 nitrogen and oxygen atoms in total. The second-order valence-corrected chi connectivity index (χ2v) is 6.54. The highest BCUT2D eigenvalue weighted by atomic mass is 79.9. The van der Waals surface area contributed by atoms with Crippen LogP contribution in [0.2, 0.25) is 0 Å². The predicted molar refractivity (Wildman–Crippen MR) is 87.1 cm³/mol. The molecule has 0 saturated carbocycles. The maximum Gasteiger partial charge on any atom is 0.0838 e. The molecule has 0 N–H and O–H groups in total. The molecule has 0 aliphatic carbocycles. The van der Waals surface area contributed by atoms with Gasteiger partial charge in [-0.1, -0.05) is 60.1 Å². The minimum Gasteiger partial charge on any atom is -0.113 e. The van der Waals surface area contributed by atoms with Crippen LogP contribution in [0.4, 0.5) is 0 Å². The van der Waals surface area contributed by atoms with Gasteiger partial charge in [-0.2, -0.15) is 0 Å². The molecule has 0 fully saturated rings. The summed E-state index contributed by atoms with van der Waals surface area (Å²) in [6, 6.07) is 14.8. The number of rotatable bonds is 3. The van der Waals surface area contributed by atoms with Crippen molar-refractivity contribution in [1.29, 1.82) is 0 Å². The van der Waals surface area contributed by atoms with Crippen molar-refractivity contribution in [3.63, 3.8) is 0 Å². The van der Waals surface area contributed by atoms with E-state index in [0.29, 0.717) is 5.92 Å². The van der Waals surface area contributed by atoms with E-state index >= 15 is 0 Å². The van der Waals surface area contributed by atoms with Gasteiger partial charge < -0.3 is 0 Å². The number of hydrogen-bond donors (Lipinski definition) is 0. The Kier molecular flexibility index (Phi) is 4.70. The first-order valence-corrected chi connectivity index (χ1v) is 7.72. The average molecular weight is 338 g/mol. The SMILES string of the molecule is Cc1cc(Br)ccc1C(Cl)c1ccc(C(C)C)cc1. The lowest BCUT2D eigenvalue weighted by atomic mass is 9.97. The van der Waals surface area contributed by atoms with Crippen molar-refractivity contribution < 1.29 is 0 Å². The van der Waals surface area contributed by atoms with E-state index in [2.05, 4.69) is 73.1 Å². The van der Waals surface area contributed by atoms with Crippen LogP contribution in [0, 0.1) is 6.92 Å². The predicted octanol–water partition coefficient (Wildman–Crippen LogP) is 6.21. The smallest absolute Gasteiger partial charge is 0.0838 e. The van der Waals surface area contributed by atoms with Gasteiger partial charge >= 0.3 is 0 Å². The molecule has 0 heterocycles. The summed E-state index contributed by atoms with van der Waals surface area (Å²) in [5.74, 6) is 0.553. The van der Waals surface area contributed by atoms with Crippen LogP contribution < -0.4 is 0 Å². The Morgan fingerprint density at radius 3 is 2.05 bits per heavy atom. The lowest BCUT2D eigenvalue weighted by molar-refractivity contribution is 0.865. The quantitative estimate of drug-likeness (QED) is 0.584. The van der Waals surface area contributed by atoms with Gasteiger partial charge in [0.2, 0.25) is 0 Å². The Morgan fingerprint density at radius 1 is 0.947 bits per heavy atom. The maximum atomic E-state index is 6.61. The molecule has 0 bridgehead atoms. The summed E-state index contributed by atoms with van der Waals surface area (Å²) in [4.78, 5) is 0. The molecule has 0 amide bonds. The summed E-state index contributed by atoms with van der Waals surface area (Å²) in [6.07, 6.45) is 0. The Bertz CT molecular complexity index is 558. The second-order valence-electron chi connectivity index (χ2n) is 5.18. The van der Waals surface area contributed by atoms with Crippen molar-refractivity contribution in [2.24, 2.45) is 0 Å². The van der Waals surface area contributed by atoms with Gasteiger partial charge in [0.1, 0.15) is 0 Å². The fourth-order valence-electron chi connectivity index (χ4n) is 2.15. The molecule has 0 aromatic heterocycles. The minimum atomic E-state index is -0.0886. The molecule has 19 heavy (non-hydrogen) atoms. The van der Waals surface area contributed by atoms with E-state index in [9.17, 15) is 0 Å². The lowest BCUT2D eigenvalue weighted by Crippen LogP contribution is -1.97. The van der Waals surface area contributed by atoms with E-state index in [1.165, 1.54) is 16.7 Å². The third-order valence-corrected chi connectivity index (χ3v) is 4.38. The highest BCUT2D eigenvalue weighted by Crippen LogP contribution is 2.32. The molecule has 2 heteroatoms. The molecular formula is C17H18BrCl. The Balaban J connectivity index is 2.30. The van der Waals surface area contributed by atoms with E-state index in [4.69, 9.17) is 11.6 Å². The van der Waals surface area contributed by atoms with Gasteiger partial charge in [-0.05, 0) is 47.2 Å². The second kappa shape index (κ2) is 6.11. The highest BCUT2D eigenvalue weighted by Gasteiger charge is 2.13. The summed E-state index contributed by atoms with van der Waals surface area (Å²) in [6.45, 7) is 6.50. The summed E-state index contributed by atoms with van der Waals surface area (Å²) < 4.78 is 1.09. The molecule has 0 radical (unpaired) electrons. The summed E-state index contributed by atoms with van der Waals surface area (Å²) in [7, 11) is 0. The van der Waals surface area contributed by atoms with Crippen LogP contribution in [0.3, 0.4) is 0 Å². The van der Waals surface area contributed by atoms with E-state index in [1.807, 2.05) is 6.07 Å². The van der Waals surface area contributed by atoms with Crippen molar-refractivity contribution >= 4 is 27.5 Å². The number of benzene rings is 2. The Hall–Kier alpha value is -0.790. The van der Waals surface area contributed by atoms with Crippen molar-refractivity contribution in [1.82, 2.24) is 0 Å². The minimum absolute atomic E-state index is 0.0886. The molecule has 2 aromatic rings. The first kappa shape index (κ1) is 14.6. The van der Waals surface area contributed by atoms with Crippen LogP contribution in [-0.4, -0.2) is 0 Å². The lowest BCUT2D eigenvalue weighted by Gasteiger charge is -2.15. The summed E-state index contributed by atoms with van der Waals surface area (Å²) >= 11 is 10.1. The zero-order valence-electron chi connectivity index (χ0n) is 11.5. The molecule has 2 aromatic carbocycles. The average Bonchev–Trinajstić information content (AvgIpc) is 2.38. The van der Waals surface area contributed by atoms with Crippen molar-refractivity contribution in [3.05, 3.63) is 69.2 Å². The normalized spacial score (nSPS) is 12.7. The van der Waals surface area contributed by atoms with Crippen LogP contribution in [-0.2, 0) is 0 Å². The zero-order valence-corrected chi connectivity index (χ0v) is 13.8. The van der Waals surface area contributed by atoms with Crippen molar-refractivity contribution in [2.75, 3.05) is 0 Å². The van der Waals surface area contributed by atoms with E-state index in [0.717, 1.165) is 10.0 Å². The fraction of sp³-hybridized carbons (Fsp3) is 0.294. The van der Waals surface area contributed by atoms with Crippen LogP contribution >= 0.6 is 27.5 Å². The van der Waals surface area contributed by atoms with Gasteiger partial charge in [0.15, 0.2) is 0 Å². The van der Waals surface area contributed by atoms with E-state index < -0.39 is 0 Å². The fourth-order valence-corrected chi connectivity index (χ4v) is 3.02. The van der Waals surface area contributed by atoms with Gasteiger partial charge in [-0.3, -0.25) is 0 Å². The van der Waals surface area contributed by atoms with Crippen LogP contribution in [0.25, 0.3) is 0 Å². The number of halogens is 2. The first-order chi connectivity index (χ1) is 8.99. The standard InChI is InChI=1S/C17H18BrCl/c1-11(2)13-4-6-14(7-5-13)17(19)16-9-8-15(18)10-12(16)3/h4-11,17H,1-3H3. The van der Waals surface area contributed by atoms with Crippen LogP contribution in [0.1, 0.15) is 47.4 Å². The molecule has 0 saturated heterocycles. The summed E-state index contributed by atoms with van der Waals surface area (Å²) in [5, 5.41) is -0.0886. The zero-order chi connectivity index (χ0) is 14.0. The highest BCUT2D eigenvalue weighted by molar-refractivity contribution is 9.10. The molecule has 1 unspecified atom stereocenters. The van der Waals surface area contributed by atoms with Crippen molar-refractivity contribution in [3.8, 4) is 0 Å². The van der Waals surface area contributed by atoms with Gasteiger partial charge in [-0.25, -0.2) is 0 Å². The third-order valence-electron chi connectivity index (χ3n) is 3.40. The largest absolute Gasteiger partial charge is 0.113 e. The molecule has 1 atom stereocenters. The molecule has 0 aliphatic heterocycles. The number of aryl methyl sites for hydroxylation is 1. The topological polar surface area (TPSA) is 0 Å². The summed E-state index contributed by atoms with van der Waals surface area (Å²) in [5.41, 5.74) is 4.88. The Labute approximate surface area is 128 Å². The monoisotopic (exact) mass is 336 g/mol. The van der Waals surface area contributed by atoms with E-state index in [-0.39, 0.29) is 5.38 Å². The maximum absolute atomic E-state index is 6.61. The molecule has 2 rings (SSSR count). The molecular weight excluding hydrogens is 320 g/mol. The van der Waals surface area contributed by atoms with Crippen LogP contribution in [0.15, 0.2) is 46.9 Å². The number of alkyl halides is 1. The van der Waals surface area contributed by atoms with E-state index in [1.54, 1.807) is 0 Å². The molecule has 0 aliphatic rings. The Morgan fingerprint density at radius 2 is 1.53 bits per heavy atom. The third kappa shape index (κ3) is 3.40.